The SMILES string of the molecule is C=CC.C=CC.C=CCCC.CC.CC.CNCC1C2CN(C3=NC=C(C(=O)NO)CC=N3)CC12. The van der Waals surface area contributed by atoms with Gasteiger partial charge in [0.25, 0.3) is 5.91 Å². The molecule has 1 saturated heterocycles. The number of likely N-dealkylation sites (tertiary alicyclic amines) is 1. The minimum absolute atomic E-state index is 0.377. The second-order valence-electron chi connectivity index (χ2n) is 7.39. The minimum atomic E-state index is -0.528. The molecular formula is C28H53N5O2. The zero-order valence-corrected chi connectivity index (χ0v) is 23.7. The lowest BCUT2D eigenvalue weighted by Crippen LogP contribution is -2.31. The van der Waals surface area contributed by atoms with Gasteiger partial charge in [0.2, 0.25) is 5.96 Å². The maximum atomic E-state index is 11.3. The van der Waals surface area contributed by atoms with Crippen LogP contribution < -0.4 is 10.8 Å². The molecule has 0 aromatic rings. The van der Waals surface area contributed by atoms with Gasteiger partial charge in [-0.15, -0.1) is 19.7 Å². The number of unbranched alkanes of at least 4 members (excludes halogenated alkanes) is 1. The highest BCUT2D eigenvalue weighted by Crippen LogP contribution is 2.51. The van der Waals surface area contributed by atoms with Gasteiger partial charge in [0.1, 0.15) is 0 Å². The van der Waals surface area contributed by atoms with E-state index in [0.717, 1.165) is 43.8 Å². The summed E-state index contributed by atoms with van der Waals surface area (Å²) in [5.74, 6) is 2.42. The van der Waals surface area contributed by atoms with Crippen LogP contribution in [0.3, 0.4) is 0 Å². The number of fused-ring (bicyclic) bond motifs is 1. The monoisotopic (exact) mass is 491 g/mol. The molecule has 1 amide bonds. The van der Waals surface area contributed by atoms with Gasteiger partial charge in [0.05, 0.1) is 0 Å². The van der Waals surface area contributed by atoms with Crippen LogP contribution in [-0.2, 0) is 4.79 Å². The zero-order chi connectivity index (χ0) is 27.6. The Balaban J connectivity index is -0.000000571. The van der Waals surface area contributed by atoms with Crippen LogP contribution in [0.5, 0.6) is 0 Å². The number of nitrogens with one attached hydrogen (secondary N) is 2. The van der Waals surface area contributed by atoms with Gasteiger partial charge in [-0.25, -0.2) is 15.5 Å². The van der Waals surface area contributed by atoms with Crippen LogP contribution in [0.15, 0.2) is 59.7 Å². The Morgan fingerprint density at radius 2 is 1.66 bits per heavy atom. The predicted molar refractivity (Wildman–Crippen MR) is 154 cm³/mol. The van der Waals surface area contributed by atoms with Crippen LogP contribution >= 0.6 is 0 Å². The first-order chi connectivity index (χ1) is 17.0. The molecule has 0 spiro atoms. The standard InChI is InChI=1S/C13H19N5O2.C5H10.2C3H6.2C2H6/c1-14-5-9-10-6-18(7-11(9)10)13-15-3-2-8(4-16-13)12(19)17-20;1-3-5-4-2;2*1-3-2;2*1-2/h3-4,9-11,14,20H,2,5-7H2,1H3,(H,17,19);3H,1,4-5H2,2H3;2*3H,1H2,2H3;2*1-2H3. The minimum Gasteiger partial charge on any atom is -0.340 e. The van der Waals surface area contributed by atoms with Gasteiger partial charge in [-0.05, 0) is 51.6 Å². The van der Waals surface area contributed by atoms with E-state index < -0.39 is 5.91 Å². The van der Waals surface area contributed by atoms with Crippen molar-refractivity contribution < 1.29 is 10.0 Å². The van der Waals surface area contributed by atoms with Gasteiger partial charge in [-0.1, -0.05) is 59.3 Å². The summed E-state index contributed by atoms with van der Waals surface area (Å²) < 4.78 is 0. The maximum Gasteiger partial charge on any atom is 0.272 e. The molecule has 3 N–H and O–H groups in total. The molecule has 7 heteroatoms. The number of amides is 1. The number of carbonyl (C=O) groups excluding carboxylic acids is 1. The molecule has 2 unspecified atom stereocenters. The largest absolute Gasteiger partial charge is 0.340 e. The number of carbonyl (C=O) groups is 1. The number of aliphatic imine (C=N–C) groups is 2. The third kappa shape index (κ3) is 15.9. The summed E-state index contributed by atoms with van der Waals surface area (Å²) in [5, 5.41) is 11.9. The third-order valence-electron chi connectivity index (χ3n) is 4.83. The van der Waals surface area contributed by atoms with Crippen molar-refractivity contribution >= 4 is 18.1 Å². The number of nitrogens with zero attached hydrogens (tertiary/aromatic N) is 3. The normalized spacial score (nSPS) is 20.0. The van der Waals surface area contributed by atoms with E-state index in [1.165, 1.54) is 12.6 Å². The van der Waals surface area contributed by atoms with E-state index in [9.17, 15) is 4.79 Å². The van der Waals surface area contributed by atoms with Gasteiger partial charge in [-0.3, -0.25) is 10.0 Å². The average Bonchev–Trinajstić information content (AvgIpc) is 3.43. The number of rotatable bonds is 5. The fourth-order valence-electron chi connectivity index (χ4n) is 3.39. The van der Waals surface area contributed by atoms with E-state index in [2.05, 4.69) is 46.9 Å². The van der Waals surface area contributed by atoms with Crippen molar-refractivity contribution in [3.8, 4) is 0 Å². The maximum absolute atomic E-state index is 11.3. The highest BCUT2D eigenvalue weighted by molar-refractivity contribution is 5.99. The Bertz CT molecular complexity index is 638. The second kappa shape index (κ2) is 26.1. The van der Waals surface area contributed by atoms with E-state index >= 15 is 0 Å². The van der Waals surface area contributed by atoms with Crippen molar-refractivity contribution in [3.63, 3.8) is 0 Å². The molecule has 2 aliphatic heterocycles. The number of hydrogen-bond donors (Lipinski definition) is 3. The quantitative estimate of drug-likeness (QED) is 0.249. The van der Waals surface area contributed by atoms with Gasteiger partial charge in [0.15, 0.2) is 0 Å². The molecule has 1 aliphatic carbocycles. The summed E-state index contributed by atoms with van der Waals surface area (Å²) in [6, 6.07) is 0. The van der Waals surface area contributed by atoms with Crippen molar-refractivity contribution in [2.24, 2.45) is 27.7 Å². The molecule has 0 bridgehead atoms. The molecule has 3 rings (SSSR count). The molecule has 1 saturated carbocycles. The molecule has 0 aromatic heterocycles. The lowest BCUT2D eigenvalue weighted by Gasteiger charge is -2.20. The highest BCUT2D eigenvalue weighted by atomic mass is 16.5. The van der Waals surface area contributed by atoms with Crippen molar-refractivity contribution in [2.75, 3.05) is 26.7 Å². The molecule has 2 fully saturated rings. The second-order valence-corrected chi connectivity index (χ2v) is 7.39. The van der Waals surface area contributed by atoms with Gasteiger partial charge < -0.3 is 10.2 Å². The molecule has 202 valence electrons. The van der Waals surface area contributed by atoms with Gasteiger partial charge in [-0.2, -0.15) is 0 Å². The molecule has 3 aliphatic rings. The van der Waals surface area contributed by atoms with Crippen LogP contribution in [0.1, 0.15) is 67.7 Å². The van der Waals surface area contributed by atoms with Crippen LogP contribution in [0.4, 0.5) is 0 Å². The van der Waals surface area contributed by atoms with Crippen LogP contribution in [-0.4, -0.2) is 54.9 Å². The highest BCUT2D eigenvalue weighted by Gasteiger charge is 2.55. The molecule has 0 radical (unpaired) electrons. The smallest absolute Gasteiger partial charge is 0.272 e. The fourth-order valence-corrected chi connectivity index (χ4v) is 3.39. The Hall–Kier alpha value is -2.51. The lowest BCUT2D eigenvalue weighted by molar-refractivity contribution is -0.125. The Kier molecular flexibility index (Phi) is 27.6. The Labute approximate surface area is 215 Å². The van der Waals surface area contributed by atoms with E-state index in [4.69, 9.17) is 5.21 Å². The van der Waals surface area contributed by atoms with Crippen LogP contribution in [0, 0.1) is 17.8 Å². The first-order valence-electron chi connectivity index (χ1n) is 12.9. The van der Waals surface area contributed by atoms with Crippen molar-refractivity contribution in [1.82, 2.24) is 15.7 Å². The first-order valence-corrected chi connectivity index (χ1v) is 12.9. The Morgan fingerprint density at radius 1 is 1.14 bits per heavy atom. The topological polar surface area (TPSA) is 89.3 Å². The van der Waals surface area contributed by atoms with E-state index in [1.807, 2.05) is 54.7 Å². The van der Waals surface area contributed by atoms with Crippen molar-refractivity contribution in [1.29, 1.82) is 0 Å². The van der Waals surface area contributed by atoms with Crippen LogP contribution in [0.2, 0.25) is 0 Å². The molecule has 35 heavy (non-hydrogen) atoms. The third-order valence-corrected chi connectivity index (χ3v) is 4.83. The number of piperidine rings is 1. The number of hydrogen-bond acceptors (Lipinski definition) is 6. The van der Waals surface area contributed by atoms with Crippen molar-refractivity contribution in [3.05, 3.63) is 49.7 Å². The zero-order valence-electron chi connectivity index (χ0n) is 23.7. The lowest BCUT2D eigenvalue weighted by atomic mass is 10.2. The molecular weight excluding hydrogens is 438 g/mol. The summed E-state index contributed by atoms with van der Waals surface area (Å²) in [6.45, 7) is 27.3. The average molecular weight is 492 g/mol. The van der Waals surface area contributed by atoms with Crippen molar-refractivity contribution in [2.45, 2.75) is 67.7 Å². The number of hydroxylamine groups is 1. The summed E-state index contributed by atoms with van der Waals surface area (Å²) >= 11 is 0. The number of allylic oxidation sites excluding steroid dienone is 3. The summed E-state index contributed by atoms with van der Waals surface area (Å²) in [4.78, 5) is 22.1. The molecule has 0 aromatic carbocycles. The molecule has 7 nitrogen and oxygen atoms in total. The fraction of sp³-hybridized carbons (Fsp3) is 0.607. The van der Waals surface area contributed by atoms with E-state index in [1.54, 1.807) is 23.8 Å². The summed E-state index contributed by atoms with van der Waals surface area (Å²) in [7, 11) is 1.99. The summed E-state index contributed by atoms with van der Waals surface area (Å²) in [6.07, 6.45) is 11.3. The Morgan fingerprint density at radius 3 is 2.03 bits per heavy atom. The summed E-state index contributed by atoms with van der Waals surface area (Å²) in [5.41, 5.74) is 2.03. The van der Waals surface area contributed by atoms with Gasteiger partial charge in [0, 0.05) is 37.5 Å². The molecule has 2 heterocycles. The predicted octanol–water partition coefficient (Wildman–Crippen LogP) is 6.01. The molecule has 2 atom stereocenters. The number of guanidine groups is 1. The van der Waals surface area contributed by atoms with E-state index in [0.29, 0.717) is 18.0 Å². The first kappa shape index (κ1) is 37.0. The van der Waals surface area contributed by atoms with E-state index in [-0.39, 0.29) is 0 Å². The van der Waals surface area contributed by atoms with Crippen LogP contribution in [0.25, 0.3) is 0 Å². The van der Waals surface area contributed by atoms with Gasteiger partial charge >= 0.3 is 0 Å².